The van der Waals surface area contributed by atoms with Gasteiger partial charge in [0, 0.05) is 14.2 Å². The fraction of sp³-hybridized carbons (Fsp3) is 0.857. The van der Waals surface area contributed by atoms with Crippen LogP contribution >= 0.6 is 0 Å². The van der Waals surface area contributed by atoms with Crippen LogP contribution in [0.2, 0.25) is 0 Å². The summed E-state index contributed by atoms with van der Waals surface area (Å²) < 4.78 is 7.15. The molecular weight excluding hydrogens is 284 g/mol. The molecule has 0 spiro atoms. The number of hydrogen-bond acceptors (Lipinski definition) is 6. The molecule has 1 atom stereocenters. The monoisotopic (exact) mass is 310 g/mol. The van der Waals surface area contributed by atoms with Crippen molar-refractivity contribution >= 4 is 5.91 Å². The number of aromatic nitrogens is 4. The molecular formula is C14H26N6O2. The van der Waals surface area contributed by atoms with Crippen LogP contribution < -0.4 is 5.32 Å². The maximum Gasteiger partial charge on any atom is 0.242 e. The minimum absolute atomic E-state index is 0.0124. The molecule has 1 N–H and O–H groups in total. The third-order valence-electron chi connectivity index (χ3n) is 4.16. The Kier molecular flexibility index (Phi) is 4.81. The molecule has 0 aromatic carbocycles. The highest BCUT2D eigenvalue weighted by Crippen LogP contribution is 2.31. The van der Waals surface area contributed by atoms with Gasteiger partial charge in [-0.25, -0.2) is 4.68 Å². The van der Waals surface area contributed by atoms with Crippen molar-refractivity contribution in [1.29, 1.82) is 0 Å². The van der Waals surface area contributed by atoms with Gasteiger partial charge in [0.15, 0.2) is 5.82 Å². The first-order chi connectivity index (χ1) is 10.3. The lowest BCUT2D eigenvalue weighted by atomic mass is 9.95. The molecule has 1 aliphatic heterocycles. The van der Waals surface area contributed by atoms with Crippen molar-refractivity contribution in [3.8, 4) is 0 Å². The van der Waals surface area contributed by atoms with E-state index in [1.807, 2.05) is 4.68 Å². The Labute approximate surface area is 131 Å². The Balaban J connectivity index is 2.28. The van der Waals surface area contributed by atoms with Crippen LogP contribution in [-0.2, 0) is 21.6 Å². The van der Waals surface area contributed by atoms with Gasteiger partial charge in [-0.3, -0.25) is 9.69 Å². The van der Waals surface area contributed by atoms with E-state index < -0.39 is 5.54 Å². The van der Waals surface area contributed by atoms with Crippen LogP contribution in [0.4, 0.5) is 0 Å². The van der Waals surface area contributed by atoms with Gasteiger partial charge in [-0.1, -0.05) is 0 Å². The predicted molar refractivity (Wildman–Crippen MR) is 81.1 cm³/mol. The highest BCUT2D eigenvalue weighted by atomic mass is 16.5. The van der Waals surface area contributed by atoms with Gasteiger partial charge in [-0.2, -0.15) is 0 Å². The normalized spacial score (nSPS) is 23.0. The molecule has 1 fully saturated rings. The summed E-state index contributed by atoms with van der Waals surface area (Å²) in [7, 11) is 3.29. The second-order valence-electron chi connectivity index (χ2n) is 6.75. The van der Waals surface area contributed by atoms with Crippen molar-refractivity contribution in [1.82, 2.24) is 30.4 Å². The van der Waals surface area contributed by atoms with Crippen molar-refractivity contribution in [2.75, 3.05) is 27.3 Å². The molecule has 0 saturated carbocycles. The fourth-order valence-electron chi connectivity index (χ4n) is 3.12. The predicted octanol–water partition coefficient (Wildman–Crippen LogP) is 0.155. The fourth-order valence-corrected chi connectivity index (χ4v) is 3.12. The van der Waals surface area contributed by atoms with Gasteiger partial charge in [0.05, 0.1) is 18.7 Å². The second-order valence-corrected chi connectivity index (χ2v) is 6.75. The van der Waals surface area contributed by atoms with Gasteiger partial charge in [-0.05, 0) is 50.6 Å². The van der Waals surface area contributed by atoms with Crippen LogP contribution in [-0.4, -0.2) is 63.9 Å². The van der Waals surface area contributed by atoms with E-state index in [0.717, 1.165) is 25.2 Å². The van der Waals surface area contributed by atoms with Crippen LogP contribution in [0.3, 0.4) is 0 Å². The van der Waals surface area contributed by atoms with Crippen LogP contribution in [0.1, 0.15) is 39.4 Å². The molecule has 1 aliphatic rings. The maximum absolute atomic E-state index is 12.5. The van der Waals surface area contributed by atoms with E-state index in [0.29, 0.717) is 13.2 Å². The van der Waals surface area contributed by atoms with Crippen LogP contribution in [0.15, 0.2) is 0 Å². The summed E-state index contributed by atoms with van der Waals surface area (Å²) in [4.78, 5) is 14.6. The lowest BCUT2D eigenvalue weighted by Crippen LogP contribution is -2.57. The van der Waals surface area contributed by atoms with Gasteiger partial charge >= 0.3 is 0 Å². The number of tetrazole rings is 1. The average Bonchev–Trinajstić information content (AvgIpc) is 3.07. The molecule has 0 aliphatic carbocycles. The Morgan fingerprint density at radius 1 is 1.45 bits per heavy atom. The summed E-state index contributed by atoms with van der Waals surface area (Å²) in [6, 6.07) is 0. The summed E-state index contributed by atoms with van der Waals surface area (Å²) in [5.74, 6) is 0.750. The molecule has 2 heterocycles. The highest BCUT2D eigenvalue weighted by molar-refractivity contribution is 5.86. The summed E-state index contributed by atoms with van der Waals surface area (Å²) in [6.45, 7) is 7.88. The number of likely N-dealkylation sites (N-methyl/N-ethyl adjacent to an activating group) is 1. The van der Waals surface area contributed by atoms with Crippen LogP contribution in [0, 0.1) is 0 Å². The Hall–Kier alpha value is -1.54. The molecule has 2 rings (SSSR count). The number of nitrogens with zero attached hydrogens (tertiary/aromatic N) is 5. The van der Waals surface area contributed by atoms with Gasteiger partial charge in [0.2, 0.25) is 5.91 Å². The minimum Gasteiger partial charge on any atom is -0.382 e. The van der Waals surface area contributed by atoms with Gasteiger partial charge < -0.3 is 10.1 Å². The third-order valence-corrected chi connectivity index (χ3v) is 4.16. The van der Waals surface area contributed by atoms with E-state index in [4.69, 9.17) is 4.74 Å². The van der Waals surface area contributed by atoms with E-state index >= 15 is 0 Å². The lowest BCUT2D eigenvalue weighted by molar-refractivity contribution is -0.135. The average molecular weight is 310 g/mol. The number of ether oxygens (including phenoxy) is 1. The molecule has 8 nitrogen and oxygen atoms in total. The number of hydrogen-bond donors (Lipinski definition) is 1. The summed E-state index contributed by atoms with van der Waals surface area (Å²) in [5, 5.41) is 14.8. The molecule has 124 valence electrons. The number of likely N-dealkylation sites (tertiary alicyclic amines) is 1. The van der Waals surface area contributed by atoms with Crippen molar-refractivity contribution in [2.45, 2.75) is 51.2 Å². The van der Waals surface area contributed by atoms with Crippen LogP contribution in [0.25, 0.3) is 0 Å². The third kappa shape index (κ3) is 2.98. The Morgan fingerprint density at radius 2 is 2.18 bits per heavy atom. The molecule has 1 aromatic rings. The smallest absolute Gasteiger partial charge is 0.242 e. The van der Waals surface area contributed by atoms with Gasteiger partial charge in [0.1, 0.15) is 5.54 Å². The SMILES string of the molecule is CNC(=O)C1(COC)CCCN1Cc1nnnn1C(C)(C)C. The van der Waals surface area contributed by atoms with E-state index in [1.165, 1.54) is 0 Å². The number of methoxy groups -OCH3 is 1. The topological polar surface area (TPSA) is 85.2 Å². The van der Waals surface area contributed by atoms with Crippen molar-refractivity contribution in [3.05, 3.63) is 5.82 Å². The van der Waals surface area contributed by atoms with E-state index in [-0.39, 0.29) is 11.4 Å². The van der Waals surface area contributed by atoms with Gasteiger partial charge in [-0.15, -0.1) is 5.10 Å². The minimum atomic E-state index is -0.641. The molecule has 0 bridgehead atoms. The van der Waals surface area contributed by atoms with E-state index in [2.05, 4.69) is 46.5 Å². The standard InChI is InChI=1S/C14H26N6O2/c1-13(2,3)20-11(16-17-18-20)9-19-8-6-7-14(19,10-22-5)12(21)15-4/h6-10H2,1-5H3,(H,15,21). The molecule has 1 unspecified atom stereocenters. The van der Waals surface area contributed by atoms with E-state index in [1.54, 1.807) is 14.2 Å². The largest absolute Gasteiger partial charge is 0.382 e. The molecule has 22 heavy (non-hydrogen) atoms. The number of amides is 1. The highest BCUT2D eigenvalue weighted by Gasteiger charge is 2.47. The first kappa shape index (κ1) is 16.8. The number of carbonyl (C=O) groups is 1. The Morgan fingerprint density at radius 3 is 2.77 bits per heavy atom. The molecule has 1 saturated heterocycles. The lowest BCUT2D eigenvalue weighted by Gasteiger charge is -2.36. The first-order valence-corrected chi connectivity index (χ1v) is 7.59. The van der Waals surface area contributed by atoms with Crippen molar-refractivity contribution < 1.29 is 9.53 Å². The van der Waals surface area contributed by atoms with Gasteiger partial charge in [0.25, 0.3) is 0 Å². The van der Waals surface area contributed by atoms with Crippen molar-refractivity contribution in [2.24, 2.45) is 0 Å². The number of carbonyl (C=O) groups excluding carboxylic acids is 1. The molecule has 1 amide bonds. The molecule has 8 heteroatoms. The summed E-state index contributed by atoms with van der Waals surface area (Å²) in [6.07, 6.45) is 1.73. The number of rotatable bonds is 5. The van der Waals surface area contributed by atoms with Crippen LogP contribution in [0.5, 0.6) is 0 Å². The maximum atomic E-state index is 12.5. The zero-order valence-electron chi connectivity index (χ0n) is 14.1. The molecule has 0 radical (unpaired) electrons. The summed E-state index contributed by atoms with van der Waals surface area (Å²) in [5.41, 5.74) is -0.840. The summed E-state index contributed by atoms with van der Waals surface area (Å²) >= 11 is 0. The van der Waals surface area contributed by atoms with Crippen molar-refractivity contribution in [3.63, 3.8) is 0 Å². The first-order valence-electron chi connectivity index (χ1n) is 7.59. The Bertz CT molecular complexity index is 524. The van der Waals surface area contributed by atoms with E-state index in [9.17, 15) is 4.79 Å². The quantitative estimate of drug-likeness (QED) is 0.833. The number of nitrogens with one attached hydrogen (secondary N) is 1. The second kappa shape index (κ2) is 6.29. The molecule has 1 aromatic heterocycles. The zero-order valence-corrected chi connectivity index (χ0v) is 14.1. The zero-order chi connectivity index (χ0) is 16.4.